The zero-order valence-corrected chi connectivity index (χ0v) is 13.7. The van der Waals surface area contributed by atoms with Crippen LogP contribution in [0.15, 0.2) is 36.5 Å². The first-order valence-electron chi connectivity index (χ1n) is 8.75. The Balaban J connectivity index is 1.46. The molecule has 1 aliphatic heterocycles. The van der Waals surface area contributed by atoms with Gasteiger partial charge in [0.05, 0.1) is 12.2 Å². The SMILES string of the molecule is O=C(NC1CCCC1)N1CCc2nc(-c3ccccc3)ncc2C1. The molecule has 0 unspecified atom stereocenters. The van der Waals surface area contributed by atoms with E-state index in [0.717, 1.165) is 48.5 Å². The topological polar surface area (TPSA) is 58.1 Å². The van der Waals surface area contributed by atoms with Crippen molar-refractivity contribution in [2.24, 2.45) is 0 Å². The summed E-state index contributed by atoms with van der Waals surface area (Å²) in [4.78, 5) is 23.5. The molecule has 0 bridgehead atoms. The minimum Gasteiger partial charge on any atom is -0.335 e. The molecule has 4 rings (SSSR count). The van der Waals surface area contributed by atoms with Gasteiger partial charge >= 0.3 is 6.03 Å². The molecule has 2 heterocycles. The predicted molar refractivity (Wildman–Crippen MR) is 92.4 cm³/mol. The number of hydrogen-bond donors (Lipinski definition) is 1. The van der Waals surface area contributed by atoms with Crippen molar-refractivity contribution in [1.29, 1.82) is 0 Å². The van der Waals surface area contributed by atoms with Gasteiger partial charge in [0.1, 0.15) is 0 Å². The van der Waals surface area contributed by atoms with Gasteiger partial charge in [-0.15, -0.1) is 0 Å². The number of nitrogens with zero attached hydrogens (tertiary/aromatic N) is 3. The quantitative estimate of drug-likeness (QED) is 0.924. The van der Waals surface area contributed by atoms with E-state index in [9.17, 15) is 4.79 Å². The van der Waals surface area contributed by atoms with Crippen LogP contribution in [0.3, 0.4) is 0 Å². The standard InChI is InChI=1S/C19H22N4O/c24-19(21-16-8-4-5-9-16)23-11-10-17-15(13-23)12-20-18(22-17)14-6-2-1-3-7-14/h1-3,6-7,12,16H,4-5,8-11,13H2,(H,21,24). The van der Waals surface area contributed by atoms with E-state index >= 15 is 0 Å². The molecular formula is C19H22N4O. The number of hydrogen-bond acceptors (Lipinski definition) is 3. The van der Waals surface area contributed by atoms with Gasteiger partial charge in [-0.3, -0.25) is 0 Å². The molecule has 1 saturated carbocycles. The summed E-state index contributed by atoms with van der Waals surface area (Å²) in [7, 11) is 0. The average Bonchev–Trinajstić information content (AvgIpc) is 3.14. The van der Waals surface area contributed by atoms with Gasteiger partial charge in [0.2, 0.25) is 0 Å². The Bertz CT molecular complexity index is 725. The van der Waals surface area contributed by atoms with E-state index in [4.69, 9.17) is 4.98 Å². The van der Waals surface area contributed by atoms with Crippen LogP contribution in [0.5, 0.6) is 0 Å². The maximum Gasteiger partial charge on any atom is 0.317 e. The molecule has 2 aliphatic rings. The zero-order valence-electron chi connectivity index (χ0n) is 13.7. The van der Waals surface area contributed by atoms with E-state index in [1.165, 1.54) is 12.8 Å². The van der Waals surface area contributed by atoms with Crippen LogP contribution < -0.4 is 5.32 Å². The third-order valence-corrected chi connectivity index (χ3v) is 4.94. The highest BCUT2D eigenvalue weighted by molar-refractivity contribution is 5.75. The van der Waals surface area contributed by atoms with Crippen LogP contribution in [0, 0.1) is 0 Å². The van der Waals surface area contributed by atoms with Crippen molar-refractivity contribution in [3.05, 3.63) is 47.8 Å². The van der Waals surface area contributed by atoms with Crippen LogP contribution in [0.1, 0.15) is 36.9 Å². The van der Waals surface area contributed by atoms with Crippen LogP contribution in [-0.2, 0) is 13.0 Å². The second kappa shape index (κ2) is 6.59. The van der Waals surface area contributed by atoms with Crippen LogP contribution in [-0.4, -0.2) is 33.5 Å². The molecule has 5 nitrogen and oxygen atoms in total. The predicted octanol–water partition coefficient (Wildman–Crippen LogP) is 3.15. The lowest BCUT2D eigenvalue weighted by Crippen LogP contribution is -2.46. The van der Waals surface area contributed by atoms with Gasteiger partial charge in [-0.05, 0) is 12.8 Å². The minimum atomic E-state index is 0.0553. The number of carbonyl (C=O) groups is 1. The Kier molecular flexibility index (Phi) is 4.15. The average molecular weight is 322 g/mol. The summed E-state index contributed by atoms with van der Waals surface area (Å²) >= 11 is 0. The molecular weight excluding hydrogens is 300 g/mol. The minimum absolute atomic E-state index is 0.0553. The van der Waals surface area contributed by atoms with Crippen molar-refractivity contribution in [2.75, 3.05) is 6.54 Å². The maximum absolute atomic E-state index is 12.4. The second-order valence-electron chi connectivity index (χ2n) is 6.63. The molecule has 2 amide bonds. The highest BCUT2D eigenvalue weighted by Gasteiger charge is 2.25. The first-order valence-corrected chi connectivity index (χ1v) is 8.75. The molecule has 1 fully saturated rings. The second-order valence-corrected chi connectivity index (χ2v) is 6.63. The van der Waals surface area contributed by atoms with E-state index in [-0.39, 0.29) is 6.03 Å². The Morgan fingerprint density at radius 1 is 1.17 bits per heavy atom. The van der Waals surface area contributed by atoms with E-state index in [2.05, 4.69) is 10.3 Å². The summed E-state index contributed by atoms with van der Waals surface area (Å²) in [5.41, 5.74) is 3.15. The molecule has 1 N–H and O–H groups in total. The van der Waals surface area contributed by atoms with Crippen molar-refractivity contribution < 1.29 is 4.79 Å². The van der Waals surface area contributed by atoms with E-state index in [1.54, 1.807) is 0 Å². The van der Waals surface area contributed by atoms with Crippen molar-refractivity contribution in [1.82, 2.24) is 20.2 Å². The summed E-state index contributed by atoms with van der Waals surface area (Å²) < 4.78 is 0. The van der Waals surface area contributed by atoms with Gasteiger partial charge in [0.25, 0.3) is 0 Å². The number of benzene rings is 1. The Labute approximate surface area is 142 Å². The summed E-state index contributed by atoms with van der Waals surface area (Å²) in [6.07, 6.45) is 7.34. The van der Waals surface area contributed by atoms with Gasteiger partial charge in [-0.1, -0.05) is 43.2 Å². The fraction of sp³-hybridized carbons (Fsp3) is 0.421. The smallest absolute Gasteiger partial charge is 0.317 e. The lowest BCUT2D eigenvalue weighted by molar-refractivity contribution is 0.188. The largest absolute Gasteiger partial charge is 0.335 e. The Hall–Kier alpha value is -2.43. The molecule has 124 valence electrons. The van der Waals surface area contributed by atoms with Gasteiger partial charge in [-0.2, -0.15) is 0 Å². The lowest BCUT2D eigenvalue weighted by Gasteiger charge is -2.29. The molecule has 2 aromatic rings. The molecule has 1 aromatic carbocycles. The van der Waals surface area contributed by atoms with Gasteiger partial charge in [-0.25, -0.2) is 14.8 Å². The van der Waals surface area contributed by atoms with Gasteiger partial charge < -0.3 is 10.2 Å². The van der Waals surface area contributed by atoms with Crippen LogP contribution in [0.2, 0.25) is 0 Å². The number of aromatic nitrogens is 2. The molecule has 0 radical (unpaired) electrons. The number of urea groups is 1. The fourth-order valence-electron chi connectivity index (χ4n) is 3.55. The van der Waals surface area contributed by atoms with Crippen LogP contribution in [0.4, 0.5) is 4.79 Å². The van der Waals surface area contributed by atoms with Crippen molar-refractivity contribution in [3.8, 4) is 11.4 Å². The molecule has 1 aliphatic carbocycles. The normalized spacial score (nSPS) is 17.6. The van der Waals surface area contributed by atoms with Gasteiger partial charge in [0, 0.05) is 36.3 Å². The van der Waals surface area contributed by atoms with E-state index < -0.39 is 0 Å². The van der Waals surface area contributed by atoms with E-state index in [1.807, 2.05) is 41.4 Å². The molecule has 0 saturated heterocycles. The first-order chi connectivity index (χ1) is 11.8. The van der Waals surface area contributed by atoms with Gasteiger partial charge in [0.15, 0.2) is 5.82 Å². The number of nitrogens with one attached hydrogen (secondary N) is 1. The summed E-state index contributed by atoms with van der Waals surface area (Å²) in [6, 6.07) is 10.4. The zero-order chi connectivity index (χ0) is 16.4. The summed E-state index contributed by atoms with van der Waals surface area (Å²) in [5.74, 6) is 0.762. The molecule has 0 atom stereocenters. The summed E-state index contributed by atoms with van der Waals surface area (Å²) in [5, 5.41) is 3.16. The van der Waals surface area contributed by atoms with Crippen LogP contribution >= 0.6 is 0 Å². The highest BCUT2D eigenvalue weighted by Crippen LogP contribution is 2.22. The van der Waals surface area contributed by atoms with E-state index in [0.29, 0.717) is 12.6 Å². The van der Waals surface area contributed by atoms with Crippen molar-refractivity contribution in [3.63, 3.8) is 0 Å². The molecule has 0 spiro atoms. The molecule has 5 heteroatoms. The number of amides is 2. The Morgan fingerprint density at radius 2 is 1.96 bits per heavy atom. The maximum atomic E-state index is 12.4. The number of fused-ring (bicyclic) bond motifs is 1. The third kappa shape index (κ3) is 3.11. The number of carbonyl (C=O) groups excluding carboxylic acids is 1. The monoisotopic (exact) mass is 322 g/mol. The lowest BCUT2D eigenvalue weighted by atomic mass is 10.1. The molecule has 1 aromatic heterocycles. The summed E-state index contributed by atoms with van der Waals surface area (Å²) in [6.45, 7) is 1.32. The Morgan fingerprint density at radius 3 is 2.75 bits per heavy atom. The third-order valence-electron chi connectivity index (χ3n) is 4.94. The van der Waals surface area contributed by atoms with Crippen molar-refractivity contribution >= 4 is 6.03 Å². The first kappa shape index (κ1) is 15.1. The molecule has 24 heavy (non-hydrogen) atoms. The van der Waals surface area contributed by atoms with Crippen LogP contribution in [0.25, 0.3) is 11.4 Å². The highest BCUT2D eigenvalue weighted by atomic mass is 16.2. The fourth-order valence-corrected chi connectivity index (χ4v) is 3.55. The number of rotatable bonds is 2. The van der Waals surface area contributed by atoms with Crippen molar-refractivity contribution in [2.45, 2.75) is 44.7 Å².